The molecule has 2 heterocycles. The van der Waals surface area contributed by atoms with Gasteiger partial charge in [0, 0.05) is 23.5 Å². The third-order valence-corrected chi connectivity index (χ3v) is 4.24. The van der Waals surface area contributed by atoms with Crippen LogP contribution in [0.3, 0.4) is 0 Å². The number of benzene rings is 2. The molecule has 0 aliphatic heterocycles. The summed E-state index contributed by atoms with van der Waals surface area (Å²) in [6.07, 6.45) is 2.98. The van der Waals surface area contributed by atoms with Crippen LogP contribution < -0.4 is 10.9 Å². The maximum Gasteiger partial charge on any atom is 0.271 e. The molecule has 0 spiro atoms. The van der Waals surface area contributed by atoms with Gasteiger partial charge in [-0.05, 0) is 35.0 Å². The number of pyridine rings is 1. The number of nitrogens with one attached hydrogen (secondary N) is 2. The lowest BCUT2D eigenvalue weighted by Crippen LogP contribution is -2.41. The first-order valence-corrected chi connectivity index (χ1v) is 9.12. The summed E-state index contributed by atoms with van der Waals surface area (Å²) < 4.78 is 0. The third kappa shape index (κ3) is 4.53. The van der Waals surface area contributed by atoms with Gasteiger partial charge < -0.3 is 0 Å². The van der Waals surface area contributed by atoms with Gasteiger partial charge in [0.05, 0.1) is 12.1 Å². The Hall–Kier alpha value is -4.40. The van der Waals surface area contributed by atoms with Crippen LogP contribution in [-0.4, -0.2) is 37.0 Å². The minimum absolute atomic E-state index is 0.350. The highest BCUT2D eigenvalue weighted by atomic mass is 16.2. The van der Waals surface area contributed by atoms with Crippen LogP contribution in [0.25, 0.3) is 11.4 Å². The highest BCUT2D eigenvalue weighted by molar-refractivity contribution is 5.98. The lowest BCUT2D eigenvalue weighted by Gasteiger charge is -2.08. The number of hydrazine groups is 1. The van der Waals surface area contributed by atoms with Crippen LogP contribution >= 0.6 is 0 Å². The van der Waals surface area contributed by atoms with Crippen molar-refractivity contribution in [2.45, 2.75) is 6.54 Å². The summed E-state index contributed by atoms with van der Waals surface area (Å²) in [7, 11) is 0. The van der Waals surface area contributed by atoms with E-state index in [1.54, 1.807) is 42.6 Å². The van der Waals surface area contributed by atoms with E-state index in [1.807, 2.05) is 30.3 Å². The van der Waals surface area contributed by atoms with E-state index < -0.39 is 11.8 Å². The van der Waals surface area contributed by atoms with Gasteiger partial charge in [-0.2, -0.15) is 4.80 Å². The minimum atomic E-state index is -0.445. The Kier molecular flexibility index (Phi) is 5.52. The Bertz CT molecular complexity index is 1140. The number of amides is 2. The van der Waals surface area contributed by atoms with Crippen molar-refractivity contribution in [3.05, 3.63) is 95.8 Å². The quantitative estimate of drug-likeness (QED) is 0.495. The van der Waals surface area contributed by atoms with Gasteiger partial charge in [0.2, 0.25) is 5.82 Å². The average molecular weight is 399 g/mol. The molecule has 0 radical (unpaired) electrons. The van der Waals surface area contributed by atoms with Crippen molar-refractivity contribution < 1.29 is 9.59 Å². The SMILES string of the molecule is O=C(NNC(=O)c1cccnc1)c1ccc(Cn2nnc(-c3ccccc3)n2)cc1. The zero-order valence-electron chi connectivity index (χ0n) is 15.8. The third-order valence-electron chi connectivity index (χ3n) is 4.24. The summed E-state index contributed by atoms with van der Waals surface area (Å²) in [6.45, 7) is 0.416. The van der Waals surface area contributed by atoms with E-state index in [0.717, 1.165) is 11.1 Å². The van der Waals surface area contributed by atoms with Gasteiger partial charge in [0.15, 0.2) is 0 Å². The number of carbonyl (C=O) groups excluding carboxylic acids is 2. The second kappa shape index (κ2) is 8.74. The van der Waals surface area contributed by atoms with Crippen LogP contribution in [0.15, 0.2) is 79.1 Å². The maximum absolute atomic E-state index is 12.2. The molecule has 0 bridgehead atoms. The molecule has 9 heteroatoms. The Labute approximate surface area is 171 Å². The summed E-state index contributed by atoms with van der Waals surface area (Å²) in [5.41, 5.74) is 7.29. The smallest absolute Gasteiger partial charge is 0.267 e. The second-order valence-corrected chi connectivity index (χ2v) is 6.36. The van der Waals surface area contributed by atoms with Crippen LogP contribution in [0.5, 0.6) is 0 Å². The summed E-state index contributed by atoms with van der Waals surface area (Å²) in [6, 6.07) is 19.8. The second-order valence-electron chi connectivity index (χ2n) is 6.36. The van der Waals surface area contributed by atoms with Crippen LogP contribution in [0.2, 0.25) is 0 Å². The highest BCUT2D eigenvalue weighted by Gasteiger charge is 2.10. The number of aromatic nitrogens is 5. The predicted molar refractivity (Wildman–Crippen MR) is 108 cm³/mol. The molecule has 2 aromatic carbocycles. The van der Waals surface area contributed by atoms with E-state index in [9.17, 15) is 9.59 Å². The van der Waals surface area contributed by atoms with E-state index in [2.05, 4.69) is 31.2 Å². The zero-order valence-corrected chi connectivity index (χ0v) is 15.8. The first kappa shape index (κ1) is 18.9. The van der Waals surface area contributed by atoms with Gasteiger partial charge in [0.25, 0.3) is 11.8 Å². The predicted octanol–water partition coefficient (Wildman–Crippen LogP) is 1.86. The highest BCUT2D eigenvalue weighted by Crippen LogP contribution is 2.12. The fourth-order valence-electron chi connectivity index (χ4n) is 2.69. The number of hydrogen-bond donors (Lipinski definition) is 2. The molecule has 0 atom stereocenters. The number of rotatable bonds is 5. The van der Waals surface area contributed by atoms with Crippen LogP contribution in [0.1, 0.15) is 26.3 Å². The van der Waals surface area contributed by atoms with Gasteiger partial charge in [-0.15, -0.1) is 10.2 Å². The monoisotopic (exact) mass is 399 g/mol. The van der Waals surface area contributed by atoms with Gasteiger partial charge >= 0.3 is 0 Å². The molecular weight excluding hydrogens is 382 g/mol. The van der Waals surface area contributed by atoms with Crippen LogP contribution in [0, 0.1) is 0 Å². The summed E-state index contributed by atoms with van der Waals surface area (Å²) >= 11 is 0. The topological polar surface area (TPSA) is 115 Å². The molecule has 148 valence electrons. The molecule has 9 nitrogen and oxygen atoms in total. The molecule has 4 rings (SSSR count). The molecule has 2 aromatic heterocycles. The largest absolute Gasteiger partial charge is 0.271 e. The molecule has 0 saturated heterocycles. The summed E-state index contributed by atoms with van der Waals surface area (Å²) in [5.74, 6) is -0.320. The number of hydrogen-bond acceptors (Lipinski definition) is 6. The fraction of sp³-hybridized carbons (Fsp3) is 0.0476. The standard InChI is InChI=1S/C21H17N7O2/c29-20(24-25-21(30)18-7-4-12-22-13-18)17-10-8-15(9-11-17)14-28-26-19(23-27-28)16-5-2-1-3-6-16/h1-13H,14H2,(H,24,29)(H,25,30). The number of tetrazole rings is 1. The van der Waals surface area contributed by atoms with Gasteiger partial charge in [-0.1, -0.05) is 42.5 Å². The van der Waals surface area contributed by atoms with E-state index in [4.69, 9.17) is 0 Å². The lowest BCUT2D eigenvalue weighted by molar-refractivity contribution is 0.0846. The molecular formula is C21H17N7O2. The van der Waals surface area contributed by atoms with E-state index >= 15 is 0 Å². The first-order valence-electron chi connectivity index (χ1n) is 9.12. The Balaban J connectivity index is 1.34. The summed E-state index contributed by atoms with van der Waals surface area (Å²) in [4.78, 5) is 29.5. The lowest BCUT2D eigenvalue weighted by atomic mass is 10.1. The molecule has 0 unspecified atom stereocenters. The van der Waals surface area contributed by atoms with Crippen molar-refractivity contribution in [2.24, 2.45) is 0 Å². The van der Waals surface area contributed by atoms with Crippen molar-refractivity contribution in [2.75, 3.05) is 0 Å². The molecule has 0 fully saturated rings. The van der Waals surface area contributed by atoms with Crippen molar-refractivity contribution in [3.63, 3.8) is 0 Å². The Morgan fingerprint density at radius 1 is 0.833 bits per heavy atom. The maximum atomic E-state index is 12.2. The van der Waals surface area contributed by atoms with Crippen LogP contribution in [-0.2, 0) is 6.54 Å². The van der Waals surface area contributed by atoms with E-state index in [-0.39, 0.29) is 0 Å². The number of carbonyl (C=O) groups is 2. The Morgan fingerprint density at radius 2 is 1.57 bits per heavy atom. The van der Waals surface area contributed by atoms with Gasteiger partial charge in [-0.3, -0.25) is 25.4 Å². The van der Waals surface area contributed by atoms with Crippen molar-refractivity contribution in [1.29, 1.82) is 0 Å². The molecule has 0 saturated carbocycles. The van der Waals surface area contributed by atoms with Crippen molar-refractivity contribution in [3.8, 4) is 11.4 Å². The molecule has 0 aliphatic rings. The van der Waals surface area contributed by atoms with E-state index in [0.29, 0.717) is 23.5 Å². The Morgan fingerprint density at radius 3 is 2.27 bits per heavy atom. The minimum Gasteiger partial charge on any atom is -0.267 e. The molecule has 2 amide bonds. The molecule has 0 aliphatic carbocycles. The summed E-state index contributed by atoms with van der Waals surface area (Å²) in [5, 5.41) is 12.5. The van der Waals surface area contributed by atoms with Crippen molar-refractivity contribution in [1.82, 2.24) is 36.0 Å². The average Bonchev–Trinajstić information content (AvgIpc) is 3.27. The van der Waals surface area contributed by atoms with Gasteiger partial charge in [0.1, 0.15) is 0 Å². The molecule has 2 N–H and O–H groups in total. The first-order chi connectivity index (χ1) is 14.7. The molecule has 30 heavy (non-hydrogen) atoms. The van der Waals surface area contributed by atoms with Crippen LogP contribution in [0.4, 0.5) is 0 Å². The van der Waals surface area contributed by atoms with E-state index in [1.165, 1.54) is 11.0 Å². The number of nitrogens with zero attached hydrogens (tertiary/aromatic N) is 5. The zero-order chi connectivity index (χ0) is 20.8. The fourth-order valence-corrected chi connectivity index (χ4v) is 2.69. The van der Waals surface area contributed by atoms with Crippen molar-refractivity contribution >= 4 is 11.8 Å². The van der Waals surface area contributed by atoms with Gasteiger partial charge in [-0.25, -0.2) is 0 Å². The normalized spacial score (nSPS) is 10.4. The molecule has 4 aromatic rings.